The van der Waals surface area contributed by atoms with E-state index >= 15 is 0 Å². The summed E-state index contributed by atoms with van der Waals surface area (Å²) in [5, 5.41) is 2.95. The van der Waals surface area contributed by atoms with E-state index in [4.69, 9.17) is 0 Å². The van der Waals surface area contributed by atoms with E-state index in [-0.39, 0.29) is 23.7 Å². The first-order valence-corrected chi connectivity index (χ1v) is 8.12. The van der Waals surface area contributed by atoms with E-state index in [9.17, 15) is 9.59 Å². The highest BCUT2D eigenvalue weighted by Crippen LogP contribution is 2.22. The molecule has 0 bridgehead atoms. The number of nitrogens with one attached hydrogen (secondary N) is 1. The zero-order chi connectivity index (χ0) is 15.4. The normalized spacial score (nSPS) is 16.1. The summed E-state index contributed by atoms with van der Waals surface area (Å²) in [5.74, 6) is 0.239. The second-order valence-electron chi connectivity index (χ2n) is 5.75. The van der Waals surface area contributed by atoms with E-state index in [1.807, 2.05) is 43.0 Å². The fourth-order valence-electron chi connectivity index (χ4n) is 2.54. The number of hydrogen-bond donors (Lipinski definition) is 1. The van der Waals surface area contributed by atoms with Crippen LogP contribution in [0.2, 0.25) is 0 Å². The van der Waals surface area contributed by atoms with Gasteiger partial charge < -0.3 is 10.2 Å². The van der Waals surface area contributed by atoms with Crippen LogP contribution >= 0.6 is 15.9 Å². The molecule has 21 heavy (non-hydrogen) atoms. The fraction of sp³-hybridized carbons (Fsp3) is 0.500. The Morgan fingerprint density at radius 2 is 1.95 bits per heavy atom. The summed E-state index contributed by atoms with van der Waals surface area (Å²) in [6.45, 7) is 5.17. The van der Waals surface area contributed by atoms with Gasteiger partial charge in [-0.1, -0.05) is 35.8 Å². The summed E-state index contributed by atoms with van der Waals surface area (Å²) in [5.41, 5.74) is 0.801. The summed E-state index contributed by atoms with van der Waals surface area (Å²) in [6.07, 6.45) is 1.47. The molecule has 0 saturated carbocycles. The van der Waals surface area contributed by atoms with Crippen LogP contribution in [0, 0.1) is 11.8 Å². The topological polar surface area (TPSA) is 49.4 Å². The zero-order valence-corrected chi connectivity index (χ0v) is 14.0. The van der Waals surface area contributed by atoms with E-state index in [0.717, 1.165) is 23.0 Å². The lowest BCUT2D eigenvalue weighted by molar-refractivity contribution is -0.137. The number of nitrogens with zero attached hydrogens (tertiary/aromatic N) is 1. The lowest BCUT2D eigenvalue weighted by Crippen LogP contribution is -2.43. The smallest absolute Gasteiger partial charge is 0.227 e. The van der Waals surface area contributed by atoms with Crippen LogP contribution in [0.4, 0.5) is 5.69 Å². The predicted molar refractivity (Wildman–Crippen MR) is 86.9 cm³/mol. The van der Waals surface area contributed by atoms with Crippen LogP contribution in [-0.4, -0.2) is 29.8 Å². The van der Waals surface area contributed by atoms with Crippen molar-refractivity contribution in [2.75, 3.05) is 18.4 Å². The van der Waals surface area contributed by atoms with Crippen LogP contribution in [0.25, 0.3) is 0 Å². The monoisotopic (exact) mass is 352 g/mol. The lowest BCUT2D eigenvalue weighted by atomic mass is 9.95. The minimum atomic E-state index is -0.0137. The Kier molecular flexibility index (Phi) is 5.39. The Bertz CT molecular complexity index is 523. The molecule has 0 unspecified atom stereocenters. The summed E-state index contributed by atoms with van der Waals surface area (Å²) < 4.78 is 0.942. The number of likely N-dealkylation sites (tertiary alicyclic amines) is 1. The first kappa shape index (κ1) is 16.0. The fourth-order valence-corrected chi connectivity index (χ4v) is 2.94. The first-order valence-electron chi connectivity index (χ1n) is 7.32. The Morgan fingerprint density at radius 1 is 1.29 bits per heavy atom. The van der Waals surface area contributed by atoms with Crippen LogP contribution in [0.15, 0.2) is 28.7 Å². The van der Waals surface area contributed by atoms with Crippen LogP contribution in [0.3, 0.4) is 0 Å². The SMILES string of the molecule is CC(C)C(=O)N1CCC(C(=O)Nc2cccc(Br)c2)CC1. The van der Waals surface area contributed by atoms with Gasteiger partial charge in [-0.15, -0.1) is 0 Å². The van der Waals surface area contributed by atoms with E-state index in [2.05, 4.69) is 21.2 Å². The first-order chi connectivity index (χ1) is 9.97. The van der Waals surface area contributed by atoms with Gasteiger partial charge in [0.2, 0.25) is 11.8 Å². The van der Waals surface area contributed by atoms with Crippen molar-refractivity contribution in [3.8, 4) is 0 Å². The number of carbonyl (C=O) groups excluding carboxylic acids is 2. The van der Waals surface area contributed by atoms with Gasteiger partial charge in [0.15, 0.2) is 0 Å². The molecular formula is C16H21BrN2O2. The van der Waals surface area contributed by atoms with Crippen LogP contribution < -0.4 is 5.32 Å². The second-order valence-corrected chi connectivity index (χ2v) is 6.67. The number of amides is 2. The third-order valence-electron chi connectivity index (χ3n) is 3.76. The van der Waals surface area contributed by atoms with Crippen molar-refractivity contribution in [1.82, 2.24) is 4.90 Å². The second kappa shape index (κ2) is 7.07. The zero-order valence-electron chi connectivity index (χ0n) is 12.4. The molecule has 0 radical (unpaired) electrons. The van der Waals surface area contributed by atoms with Crippen molar-refractivity contribution in [1.29, 1.82) is 0 Å². The molecule has 1 saturated heterocycles. The minimum absolute atomic E-state index is 0.0137. The van der Waals surface area contributed by atoms with Gasteiger partial charge in [-0.2, -0.15) is 0 Å². The molecule has 5 heteroatoms. The molecular weight excluding hydrogens is 332 g/mol. The molecule has 0 aliphatic carbocycles. The maximum atomic E-state index is 12.3. The number of anilines is 1. The summed E-state index contributed by atoms with van der Waals surface area (Å²) in [4.78, 5) is 26.1. The number of halogens is 1. The molecule has 0 atom stereocenters. The molecule has 1 aliphatic heterocycles. The molecule has 1 aromatic rings. The molecule has 114 valence electrons. The van der Waals surface area contributed by atoms with Crippen molar-refractivity contribution in [2.24, 2.45) is 11.8 Å². The molecule has 2 rings (SSSR count). The van der Waals surface area contributed by atoms with Gasteiger partial charge >= 0.3 is 0 Å². The van der Waals surface area contributed by atoms with Crippen molar-refractivity contribution in [3.63, 3.8) is 0 Å². The van der Waals surface area contributed by atoms with Crippen molar-refractivity contribution >= 4 is 33.4 Å². The van der Waals surface area contributed by atoms with Crippen molar-refractivity contribution < 1.29 is 9.59 Å². The van der Waals surface area contributed by atoms with Crippen molar-refractivity contribution in [3.05, 3.63) is 28.7 Å². The molecule has 4 nitrogen and oxygen atoms in total. The van der Waals surface area contributed by atoms with Crippen molar-refractivity contribution in [2.45, 2.75) is 26.7 Å². The maximum Gasteiger partial charge on any atom is 0.227 e. The number of hydrogen-bond acceptors (Lipinski definition) is 2. The highest BCUT2D eigenvalue weighted by Gasteiger charge is 2.28. The van der Waals surface area contributed by atoms with Crippen LogP contribution in [0.5, 0.6) is 0 Å². The third kappa shape index (κ3) is 4.30. The molecule has 2 amide bonds. The number of benzene rings is 1. The van der Waals surface area contributed by atoms with Gasteiger partial charge in [0, 0.05) is 35.1 Å². The van der Waals surface area contributed by atoms with E-state index in [0.29, 0.717) is 13.1 Å². The predicted octanol–water partition coefficient (Wildman–Crippen LogP) is 3.28. The lowest BCUT2D eigenvalue weighted by Gasteiger charge is -2.32. The molecule has 1 aromatic carbocycles. The van der Waals surface area contributed by atoms with Gasteiger partial charge in [0.05, 0.1) is 0 Å². The molecule has 1 heterocycles. The average Bonchev–Trinajstić information content (AvgIpc) is 2.46. The van der Waals surface area contributed by atoms with Gasteiger partial charge in [-0.25, -0.2) is 0 Å². The number of carbonyl (C=O) groups is 2. The Morgan fingerprint density at radius 3 is 2.52 bits per heavy atom. The van der Waals surface area contributed by atoms with Crippen LogP contribution in [-0.2, 0) is 9.59 Å². The maximum absolute atomic E-state index is 12.3. The number of rotatable bonds is 3. The molecule has 0 spiro atoms. The Labute approximate surface area is 134 Å². The Balaban J connectivity index is 1.87. The summed E-state index contributed by atoms with van der Waals surface area (Å²) in [6, 6.07) is 7.57. The van der Waals surface area contributed by atoms with E-state index in [1.54, 1.807) is 0 Å². The summed E-state index contributed by atoms with van der Waals surface area (Å²) >= 11 is 3.39. The molecule has 1 aliphatic rings. The van der Waals surface area contributed by atoms with Crippen LogP contribution in [0.1, 0.15) is 26.7 Å². The highest BCUT2D eigenvalue weighted by molar-refractivity contribution is 9.10. The molecule has 1 fully saturated rings. The average molecular weight is 353 g/mol. The largest absolute Gasteiger partial charge is 0.342 e. The molecule has 1 N–H and O–H groups in total. The van der Waals surface area contributed by atoms with Gasteiger partial charge in [-0.3, -0.25) is 9.59 Å². The number of piperidine rings is 1. The van der Waals surface area contributed by atoms with E-state index < -0.39 is 0 Å². The minimum Gasteiger partial charge on any atom is -0.342 e. The van der Waals surface area contributed by atoms with E-state index in [1.165, 1.54) is 0 Å². The Hall–Kier alpha value is -1.36. The van der Waals surface area contributed by atoms with Gasteiger partial charge in [-0.05, 0) is 31.0 Å². The van der Waals surface area contributed by atoms with Gasteiger partial charge in [0.1, 0.15) is 0 Å². The highest BCUT2D eigenvalue weighted by atomic mass is 79.9. The molecule has 0 aromatic heterocycles. The quantitative estimate of drug-likeness (QED) is 0.907. The standard InChI is InChI=1S/C16H21BrN2O2/c1-11(2)16(21)19-8-6-12(7-9-19)15(20)18-14-5-3-4-13(17)10-14/h3-5,10-12H,6-9H2,1-2H3,(H,18,20). The van der Waals surface area contributed by atoms with Gasteiger partial charge in [0.25, 0.3) is 0 Å². The third-order valence-corrected chi connectivity index (χ3v) is 4.26. The summed E-state index contributed by atoms with van der Waals surface area (Å²) in [7, 11) is 0.